The fourth-order valence-electron chi connectivity index (χ4n) is 2.13. The number of carbonyl (C=O) groups is 1. The van der Waals surface area contributed by atoms with Crippen LogP contribution >= 0.6 is 0 Å². The number of carboxylic acid groups (broad SMARTS) is 1. The molecule has 0 spiro atoms. The summed E-state index contributed by atoms with van der Waals surface area (Å²) in [5.74, 6) is -1.72. The van der Waals surface area contributed by atoms with Crippen LogP contribution in [0.4, 0.5) is 4.39 Å². The van der Waals surface area contributed by atoms with E-state index < -0.39 is 11.8 Å². The Labute approximate surface area is 136 Å². The van der Waals surface area contributed by atoms with Crippen molar-refractivity contribution in [3.63, 3.8) is 0 Å². The maximum Gasteiger partial charge on any atom is 0.300 e. The molecule has 4 heteroatoms. The van der Waals surface area contributed by atoms with Crippen molar-refractivity contribution < 1.29 is 19.4 Å². The van der Waals surface area contributed by atoms with Crippen molar-refractivity contribution in [2.45, 2.75) is 39.5 Å². The van der Waals surface area contributed by atoms with Gasteiger partial charge in [-0.25, -0.2) is 4.39 Å². The average Bonchev–Trinajstić information content (AvgIpc) is 2.50. The summed E-state index contributed by atoms with van der Waals surface area (Å²) in [5.41, 5.74) is 3.07. The van der Waals surface area contributed by atoms with Crippen LogP contribution < -0.4 is 0 Å². The minimum atomic E-state index is -0.833. The lowest BCUT2D eigenvalue weighted by Crippen LogP contribution is -1.86. The molecule has 124 valence electrons. The van der Waals surface area contributed by atoms with Gasteiger partial charge in [0.1, 0.15) is 0 Å². The molecular weight excluding hydrogens is 295 g/mol. The minimum Gasteiger partial charge on any atom is -0.505 e. The van der Waals surface area contributed by atoms with Crippen molar-refractivity contribution in [3.8, 4) is 16.9 Å². The Kier molecular flexibility index (Phi) is 7.81. The normalized spacial score (nSPS) is 9.87. The van der Waals surface area contributed by atoms with Crippen LogP contribution in [-0.2, 0) is 11.2 Å². The fourth-order valence-corrected chi connectivity index (χ4v) is 2.13. The van der Waals surface area contributed by atoms with E-state index in [0.717, 1.165) is 24.5 Å². The number of unbranched alkanes of at least 4 members (excludes halogenated alkanes) is 2. The molecule has 0 radical (unpaired) electrons. The van der Waals surface area contributed by atoms with Gasteiger partial charge in [-0.1, -0.05) is 50.1 Å². The number of phenolic OH excluding ortho intramolecular Hbond substituents is 1. The number of aliphatic carboxylic acids is 1. The summed E-state index contributed by atoms with van der Waals surface area (Å²) < 4.78 is 13.3. The van der Waals surface area contributed by atoms with Gasteiger partial charge < -0.3 is 10.2 Å². The largest absolute Gasteiger partial charge is 0.505 e. The van der Waals surface area contributed by atoms with Gasteiger partial charge in [0.15, 0.2) is 11.6 Å². The molecule has 0 saturated carbocycles. The molecule has 0 unspecified atom stereocenters. The van der Waals surface area contributed by atoms with E-state index in [1.807, 2.05) is 12.1 Å². The molecule has 2 N–H and O–H groups in total. The van der Waals surface area contributed by atoms with Crippen molar-refractivity contribution in [2.24, 2.45) is 0 Å². The zero-order valence-electron chi connectivity index (χ0n) is 13.6. The predicted octanol–water partition coefficient (Wildman–Crippen LogP) is 5.02. The Balaban J connectivity index is 0.000000593. The van der Waals surface area contributed by atoms with E-state index in [2.05, 4.69) is 19.1 Å². The third kappa shape index (κ3) is 6.96. The predicted molar refractivity (Wildman–Crippen MR) is 90.0 cm³/mol. The van der Waals surface area contributed by atoms with Crippen LogP contribution in [0.2, 0.25) is 0 Å². The number of phenols is 1. The number of benzene rings is 2. The van der Waals surface area contributed by atoms with E-state index >= 15 is 0 Å². The summed E-state index contributed by atoms with van der Waals surface area (Å²) in [6, 6.07) is 12.7. The molecule has 2 aromatic carbocycles. The summed E-state index contributed by atoms with van der Waals surface area (Å²) in [7, 11) is 0. The Bertz CT molecular complexity index is 617. The molecule has 0 aromatic heterocycles. The second-order valence-corrected chi connectivity index (χ2v) is 5.34. The van der Waals surface area contributed by atoms with Crippen LogP contribution in [0.25, 0.3) is 11.1 Å². The van der Waals surface area contributed by atoms with Gasteiger partial charge in [0.25, 0.3) is 5.97 Å². The van der Waals surface area contributed by atoms with Gasteiger partial charge in [-0.3, -0.25) is 4.79 Å². The number of carboxylic acids is 1. The van der Waals surface area contributed by atoms with Gasteiger partial charge >= 0.3 is 0 Å². The molecule has 23 heavy (non-hydrogen) atoms. The summed E-state index contributed by atoms with van der Waals surface area (Å²) in [5, 5.41) is 16.6. The van der Waals surface area contributed by atoms with Crippen molar-refractivity contribution >= 4 is 5.97 Å². The third-order valence-corrected chi connectivity index (χ3v) is 3.30. The van der Waals surface area contributed by atoms with Crippen LogP contribution in [0.15, 0.2) is 42.5 Å². The highest BCUT2D eigenvalue weighted by Crippen LogP contribution is 2.25. The maximum absolute atomic E-state index is 13.3. The van der Waals surface area contributed by atoms with Gasteiger partial charge in [0.2, 0.25) is 0 Å². The highest BCUT2D eigenvalue weighted by atomic mass is 19.1. The molecule has 3 nitrogen and oxygen atoms in total. The topological polar surface area (TPSA) is 57.5 Å². The lowest BCUT2D eigenvalue weighted by atomic mass is 10.0. The molecule has 0 heterocycles. The first kappa shape index (κ1) is 18.7. The maximum atomic E-state index is 13.3. The number of aromatic hydroxyl groups is 1. The standard InChI is InChI=1S/C17H19FO.C2H4O2/c1-2-3-4-5-13-6-8-14(9-7-13)15-10-11-17(19)16(18)12-15;1-2(3)4/h6-12,19H,2-5H2,1H3;1H3,(H,3,4). The van der Waals surface area contributed by atoms with Gasteiger partial charge in [0, 0.05) is 6.92 Å². The first-order valence-electron chi connectivity index (χ1n) is 7.71. The second kappa shape index (κ2) is 9.62. The molecular formula is C19H23FO3. The SMILES string of the molecule is CC(=O)O.CCCCCc1ccc(-c2ccc(O)c(F)c2)cc1. The second-order valence-electron chi connectivity index (χ2n) is 5.34. The van der Waals surface area contributed by atoms with Crippen molar-refractivity contribution in [2.75, 3.05) is 0 Å². The Morgan fingerprint density at radius 3 is 2.13 bits per heavy atom. The van der Waals surface area contributed by atoms with E-state index in [9.17, 15) is 9.50 Å². The molecule has 0 aliphatic carbocycles. The van der Waals surface area contributed by atoms with E-state index in [1.54, 1.807) is 6.07 Å². The Morgan fingerprint density at radius 2 is 1.61 bits per heavy atom. The Hall–Kier alpha value is -2.36. The van der Waals surface area contributed by atoms with Crippen LogP contribution in [-0.4, -0.2) is 16.2 Å². The highest BCUT2D eigenvalue weighted by molar-refractivity contribution is 5.64. The van der Waals surface area contributed by atoms with Crippen LogP contribution in [0.1, 0.15) is 38.7 Å². The molecule has 0 bridgehead atoms. The van der Waals surface area contributed by atoms with Gasteiger partial charge in [0.05, 0.1) is 0 Å². The molecule has 0 fully saturated rings. The van der Waals surface area contributed by atoms with E-state index in [1.165, 1.54) is 37.0 Å². The lowest BCUT2D eigenvalue weighted by molar-refractivity contribution is -0.134. The molecule has 0 saturated heterocycles. The summed E-state index contributed by atoms with van der Waals surface area (Å²) >= 11 is 0. The van der Waals surface area contributed by atoms with Crippen molar-refractivity contribution in [1.82, 2.24) is 0 Å². The first-order valence-corrected chi connectivity index (χ1v) is 7.71. The van der Waals surface area contributed by atoms with Crippen LogP contribution in [0.3, 0.4) is 0 Å². The summed E-state index contributed by atoms with van der Waals surface area (Å²) in [6.07, 6.45) is 4.79. The molecule has 0 amide bonds. The van der Waals surface area contributed by atoms with Gasteiger partial charge in [-0.15, -0.1) is 0 Å². The van der Waals surface area contributed by atoms with Crippen LogP contribution in [0.5, 0.6) is 5.75 Å². The Morgan fingerprint density at radius 1 is 1.04 bits per heavy atom. The molecule has 2 aromatic rings. The summed E-state index contributed by atoms with van der Waals surface area (Å²) in [4.78, 5) is 9.00. The molecule has 0 aliphatic rings. The number of hydrogen-bond acceptors (Lipinski definition) is 2. The van der Waals surface area contributed by atoms with Gasteiger partial charge in [-0.05, 0) is 41.7 Å². The van der Waals surface area contributed by atoms with Crippen LogP contribution in [0, 0.1) is 5.82 Å². The minimum absolute atomic E-state index is 0.306. The number of rotatable bonds is 5. The van der Waals surface area contributed by atoms with E-state index in [4.69, 9.17) is 9.90 Å². The number of hydrogen-bond donors (Lipinski definition) is 2. The highest BCUT2D eigenvalue weighted by Gasteiger charge is 2.03. The van der Waals surface area contributed by atoms with Crippen molar-refractivity contribution in [1.29, 1.82) is 0 Å². The zero-order chi connectivity index (χ0) is 17.2. The molecule has 0 atom stereocenters. The number of halogens is 1. The third-order valence-electron chi connectivity index (χ3n) is 3.30. The first-order chi connectivity index (χ1) is 10.9. The lowest BCUT2D eigenvalue weighted by Gasteiger charge is -2.05. The molecule has 0 aliphatic heterocycles. The quantitative estimate of drug-likeness (QED) is 0.761. The van der Waals surface area contributed by atoms with Crippen molar-refractivity contribution in [3.05, 3.63) is 53.8 Å². The number of aryl methyl sites for hydroxylation is 1. The monoisotopic (exact) mass is 318 g/mol. The average molecular weight is 318 g/mol. The fraction of sp³-hybridized carbons (Fsp3) is 0.316. The smallest absolute Gasteiger partial charge is 0.300 e. The van der Waals surface area contributed by atoms with E-state index in [-0.39, 0.29) is 5.75 Å². The zero-order valence-corrected chi connectivity index (χ0v) is 13.6. The molecule has 2 rings (SSSR count). The van der Waals surface area contributed by atoms with E-state index in [0.29, 0.717) is 0 Å². The van der Waals surface area contributed by atoms with Gasteiger partial charge in [-0.2, -0.15) is 0 Å². The summed E-state index contributed by atoms with van der Waals surface area (Å²) in [6.45, 7) is 3.28.